The molecule has 7 heteroatoms. The monoisotopic (exact) mass is 384 g/mol. The highest BCUT2D eigenvalue weighted by Crippen LogP contribution is 2.28. The summed E-state index contributed by atoms with van der Waals surface area (Å²) in [6.07, 6.45) is 6.02. The van der Waals surface area contributed by atoms with Crippen LogP contribution in [0.3, 0.4) is 0 Å². The lowest BCUT2D eigenvalue weighted by atomic mass is 9.94. The third-order valence-electron chi connectivity index (χ3n) is 4.84. The highest BCUT2D eigenvalue weighted by molar-refractivity contribution is 6.31. The second-order valence-corrected chi connectivity index (χ2v) is 7.34. The predicted octanol–water partition coefficient (Wildman–Crippen LogP) is 3.80. The maximum atomic E-state index is 12.3. The number of hydrogen-bond acceptors (Lipinski definition) is 5. The van der Waals surface area contributed by atoms with Gasteiger partial charge in [0.2, 0.25) is 5.91 Å². The highest BCUT2D eigenvalue weighted by Gasteiger charge is 2.25. The number of hydrogen-bond donors (Lipinski definition) is 1. The van der Waals surface area contributed by atoms with Crippen LogP contribution in [0.25, 0.3) is 11.1 Å². The van der Waals surface area contributed by atoms with Crippen molar-refractivity contribution in [3.8, 4) is 0 Å². The second kappa shape index (κ2) is 7.96. The number of rotatable bonds is 5. The number of anilines is 1. The van der Waals surface area contributed by atoms with Crippen molar-refractivity contribution in [3.63, 3.8) is 0 Å². The van der Waals surface area contributed by atoms with E-state index in [4.69, 9.17) is 16.0 Å². The maximum absolute atomic E-state index is 12.3. The molecule has 6 nitrogen and oxygen atoms in total. The van der Waals surface area contributed by atoms with Gasteiger partial charge in [0, 0.05) is 49.5 Å². The molecular weight excluding hydrogens is 364 g/mol. The van der Waals surface area contributed by atoms with Gasteiger partial charge in [0.25, 0.3) is 6.01 Å². The molecule has 1 N–H and O–H groups in total. The van der Waals surface area contributed by atoms with Crippen molar-refractivity contribution >= 4 is 34.6 Å². The van der Waals surface area contributed by atoms with Crippen LogP contribution in [0.15, 0.2) is 47.1 Å². The average Bonchev–Trinajstić information content (AvgIpc) is 3.11. The fourth-order valence-corrected chi connectivity index (χ4v) is 3.62. The summed E-state index contributed by atoms with van der Waals surface area (Å²) in [7, 11) is 0. The van der Waals surface area contributed by atoms with Crippen molar-refractivity contribution in [1.29, 1.82) is 0 Å². The molecule has 140 valence electrons. The topological polar surface area (TPSA) is 71.3 Å². The summed E-state index contributed by atoms with van der Waals surface area (Å²) in [6.45, 7) is 2.18. The Hall–Kier alpha value is -2.60. The van der Waals surface area contributed by atoms with Gasteiger partial charge in [-0.25, -0.2) is 0 Å². The number of fused-ring (bicyclic) bond motifs is 1. The van der Waals surface area contributed by atoms with Gasteiger partial charge in [0.1, 0.15) is 5.52 Å². The average molecular weight is 385 g/mol. The van der Waals surface area contributed by atoms with Crippen molar-refractivity contribution in [3.05, 3.63) is 53.3 Å². The molecule has 1 aliphatic rings. The second-order valence-electron chi connectivity index (χ2n) is 6.90. The number of carbonyl (C=O) groups is 1. The van der Waals surface area contributed by atoms with Crippen molar-refractivity contribution in [2.75, 3.05) is 18.0 Å². The summed E-state index contributed by atoms with van der Waals surface area (Å²) in [5.74, 6) is 0.359. The number of piperidine rings is 1. The van der Waals surface area contributed by atoms with Gasteiger partial charge in [-0.3, -0.25) is 9.78 Å². The first-order chi connectivity index (χ1) is 13.2. The van der Waals surface area contributed by atoms with E-state index in [1.807, 2.05) is 24.3 Å². The van der Waals surface area contributed by atoms with E-state index in [1.54, 1.807) is 18.5 Å². The molecule has 1 amide bonds. The molecule has 1 aromatic carbocycles. The van der Waals surface area contributed by atoms with Gasteiger partial charge in [-0.2, -0.15) is 4.98 Å². The summed E-state index contributed by atoms with van der Waals surface area (Å²) < 4.78 is 5.87. The Kier molecular flexibility index (Phi) is 5.25. The predicted molar refractivity (Wildman–Crippen MR) is 105 cm³/mol. The standard InChI is InChI=1S/C20H21ClN4O2/c21-16-3-4-17-18(11-16)27-20(24-17)25-9-1-2-15(13-25)10-19(26)23-12-14-5-7-22-8-6-14/h3-8,11,15H,1-2,9-10,12-13H2,(H,23,26). The molecule has 0 spiro atoms. The van der Waals surface area contributed by atoms with E-state index in [2.05, 4.69) is 20.2 Å². The van der Waals surface area contributed by atoms with Crippen molar-refractivity contribution < 1.29 is 9.21 Å². The highest BCUT2D eigenvalue weighted by atomic mass is 35.5. The lowest BCUT2D eigenvalue weighted by Crippen LogP contribution is -2.38. The van der Waals surface area contributed by atoms with E-state index in [9.17, 15) is 4.79 Å². The molecule has 0 saturated carbocycles. The molecule has 0 aliphatic carbocycles. The molecule has 0 bridgehead atoms. The number of aromatic nitrogens is 2. The first-order valence-electron chi connectivity index (χ1n) is 9.14. The van der Waals surface area contributed by atoms with Crippen molar-refractivity contribution in [1.82, 2.24) is 15.3 Å². The quantitative estimate of drug-likeness (QED) is 0.724. The normalized spacial score (nSPS) is 17.2. The number of pyridine rings is 1. The van der Waals surface area contributed by atoms with Crippen LogP contribution in [-0.4, -0.2) is 29.0 Å². The van der Waals surface area contributed by atoms with Crippen LogP contribution in [-0.2, 0) is 11.3 Å². The molecule has 1 fully saturated rings. The number of benzene rings is 1. The Morgan fingerprint density at radius 1 is 1.30 bits per heavy atom. The summed E-state index contributed by atoms with van der Waals surface area (Å²) in [6, 6.07) is 9.86. The van der Waals surface area contributed by atoms with Crippen LogP contribution >= 0.6 is 11.6 Å². The van der Waals surface area contributed by atoms with Crippen LogP contribution in [0.1, 0.15) is 24.8 Å². The molecule has 3 heterocycles. The largest absolute Gasteiger partial charge is 0.423 e. The lowest BCUT2D eigenvalue weighted by molar-refractivity contribution is -0.122. The summed E-state index contributed by atoms with van der Waals surface area (Å²) in [5, 5.41) is 3.62. The van der Waals surface area contributed by atoms with Crippen molar-refractivity contribution in [2.24, 2.45) is 5.92 Å². The fraction of sp³-hybridized carbons (Fsp3) is 0.350. The fourth-order valence-electron chi connectivity index (χ4n) is 3.46. The first-order valence-corrected chi connectivity index (χ1v) is 9.52. The number of nitrogens with zero attached hydrogens (tertiary/aromatic N) is 3. The zero-order chi connectivity index (χ0) is 18.6. The Bertz CT molecular complexity index is 928. The molecular formula is C20H21ClN4O2. The molecule has 2 aromatic heterocycles. The number of carbonyl (C=O) groups excluding carboxylic acids is 1. The SMILES string of the molecule is O=C(CC1CCCN(c2nc3ccc(Cl)cc3o2)C1)NCc1ccncc1. The summed E-state index contributed by atoms with van der Waals surface area (Å²) in [5.41, 5.74) is 2.54. The van der Waals surface area contributed by atoms with Crippen molar-refractivity contribution in [2.45, 2.75) is 25.8 Å². The molecule has 1 aliphatic heterocycles. The smallest absolute Gasteiger partial charge is 0.298 e. The third-order valence-corrected chi connectivity index (χ3v) is 5.08. The van der Waals surface area contributed by atoms with Gasteiger partial charge >= 0.3 is 0 Å². The number of amides is 1. The molecule has 1 unspecified atom stereocenters. The van der Waals surface area contributed by atoms with Crippen LogP contribution in [0.2, 0.25) is 5.02 Å². The Balaban J connectivity index is 1.35. The Labute approximate surface area is 162 Å². The minimum absolute atomic E-state index is 0.0722. The lowest BCUT2D eigenvalue weighted by Gasteiger charge is -2.31. The maximum Gasteiger partial charge on any atom is 0.298 e. The number of oxazole rings is 1. The molecule has 1 saturated heterocycles. The van der Waals surface area contributed by atoms with Gasteiger partial charge in [-0.1, -0.05) is 11.6 Å². The van der Waals surface area contributed by atoms with E-state index in [0.717, 1.165) is 37.0 Å². The van der Waals surface area contributed by atoms with E-state index in [1.165, 1.54) is 0 Å². The van der Waals surface area contributed by atoms with Gasteiger partial charge in [0.05, 0.1) is 0 Å². The van der Waals surface area contributed by atoms with E-state index in [0.29, 0.717) is 29.6 Å². The van der Waals surface area contributed by atoms with E-state index < -0.39 is 0 Å². The van der Waals surface area contributed by atoms with Crippen LogP contribution < -0.4 is 10.2 Å². The van der Waals surface area contributed by atoms with Gasteiger partial charge in [-0.15, -0.1) is 0 Å². The Morgan fingerprint density at radius 2 is 2.15 bits per heavy atom. The zero-order valence-electron chi connectivity index (χ0n) is 14.9. The van der Waals surface area contributed by atoms with Crippen LogP contribution in [0.5, 0.6) is 0 Å². The molecule has 1 atom stereocenters. The minimum atomic E-state index is 0.0722. The molecule has 4 rings (SSSR count). The van der Waals surface area contributed by atoms with Crippen LogP contribution in [0, 0.1) is 5.92 Å². The zero-order valence-corrected chi connectivity index (χ0v) is 15.7. The molecule has 3 aromatic rings. The van der Waals surface area contributed by atoms with Gasteiger partial charge in [-0.05, 0) is 48.6 Å². The van der Waals surface area contributed by atoms with Crippen LogP contribution in [0.4, 0.5) is 6.01 Å². The number of halogens is 1. The number of nitrogens with one attached hydrogen (secondary N) is 1. The molecule has 0 radical (unpaired) electrons. The minimum Gasteiger partial charge on any atom is -0.423 e. The van der Waals surface area contributed by atoms with Gasteiger partial charge in [0.15, 0.2) is 5.58 Å². The van der Waals surface area contributed by atoms with Gasteiger partial charge < -0.3 is 14.6 Å². The summed E-state index contributed by atoms with van der Waals surface area (Å²) in [4.78, 5) is 23.0. The first kappa shape index (κ1) is 17.8. The summed E-state index contributed by atoms with van der Waals surface area (Å²) >= 11 is 6.02. The Morgan fingerprint density at radius 3 is 3.00 bits per heavy atom. The van der Waals surface area contributed by atoms with E-state index >= 15 is 0 Å². The molecule has 27 heavy (non-hydrogen) atoms. The third kappa shape index (κ3) is 4.39. The van der Waals surface area contributed by atoms with E-state index in [-0.39, 0.29) is 11.8 Å².